The molecule has 0 unspecified atom stereocenters. The summed E-state index contributed by atoms with van der Waals surface area (Å²) in [5, 5.41) is 16.4. The molecule has 2 nitrogen and oxygen atoms in total. The van der Waals surface area contributed by atoms with Crippen LogP contribution in [-0.4, -0.2) is 29.6 Å². The normalized spacial score (nSPS) is 14.1. The van der Waals surface area contributed by atoms with Gasteiger partial charge in [-0.15, -0.1) is 0 Å². The SMILES string of the molecule is OC[C@H](O)CCF. The summed E-state index contributed by atoms with van der Waals surface area (Å²) in [6, 6.07) is 0. The lowest BCUT2D eigenvalue weighted by Gasteiger charge is -1.99. The highest BCUT2D eigenvalue weighted by Gasteiger charge is 1.97. The van der Waals surface area contributed by atoms with Crippen LogP contribution in [0.4, 0.5) is 4.39 Å². The number of rotatable bonds is 3. The van der Waals surface area contributed by atoms with Crippen molar-refractivity contribution in [3.63, 3.8) is 0 Å². The Morgan fingerprint density at radius 3 is 2.29 bits per heavy atom. The van der Waals surface area contributed by atoms with E-state index >= 15 is 0 Å². The molecule has 0 aliphatic heterocycles. The van der Waals surface area contributed by atoms with Gasteiger partial charge >= 0.3 is 0 Å². The van der Waals surface area contributed by atoms with E-state index in [4.69, 9.17) is 10.2 Å². The van der Waals surface area contributed by atoms with Crippen molar-refractivity contribution >= 4 is 0 Å². The Balaban J connectivity index is 2.83. The van der Waals surface area contributed by atoms with Crippen LogP contribution in [0.5, 0.6) is 0 Å². The van der Waals surface area contributed by atoms with Crippen molar-refractivity contribution in [1.29, 1.82) is 0 Å². The van der Waals surface area contributed by atoms with Crippen molar-refractivity contribution in [3.05, 3.63) is 0 Å². The van der Waals surface area contributed by atoms with Gasteiger partial charge in [-0.25, -0.2) is 0 Å². The molecule has 0 aliphatic rings. The quantitative estimate of drug-likeness (QED) is 0.521. The van der Waals surface area contributed by atoms with Gasteiger partial charge in [-0.05, 0) is 0 Å². The number of hydrogen-bond acceptors (Lipinski definition) is 2. The minimum atomic E-state index is -0.870. The van der Waals surface area contributed by atoms with E-state index in [-0.39, 0.29) is 13.0 Å². The van der Waals surface area contributed by atoms with E-state index in [9.17, 15) is 4.39 Å². The molecule has 0 rings (SSSR count). The monoisotopic (exact) mass is 108 g/mol. The van der Waals surface area contributed by atoms with Crippen LogP contribution in [0.15, 0.2) is 0 Å². The van der Waals surface area contributed by atoms with Gasteiger partial charge < -0.3 is 10.2 Å². The Hall–Kier alpha value is -0.150. The summed E-state index contributed by atoms with van der Waals surface area (Å²) >= 11 is 0. The lowest BCUT2D eigenvalue weighted by atomic mass is 10.3. The summed E-state index contributed by atoms with van der Waals surface area (Å²) in [6.45, 7) is -0.911. The molecule has 0 saturated heterocycles. The molecule has 0 aliphatic carbocycles. The van der Waals surface area contributed by atoms with Gasteiger partial charge in [0.25, 0.3) is 0 Å². The van der Waals surface area contributed by atoms with Crippen LogP contribution in [0.1, 0.15) is 6.42 Å². The van der Waals surface area contributed by atoms with Crippen molar-refractivity contribution in [2.45, 2.75) is 12.5 Å². The minimum absolute atomic E-state index is 0.0382. The summed E-state index contributed by atoms with van der Waals surface area (Å²) in [4.78, 5) is 0. The summed E-state index contributed by atoms with van der Waals surface area (Å²) < 4.78 is 11.2. The highest BCUT2D eigenvalue weighted by molar-refractivity contribution is 4.48. The molecule has 44 valence electrons. The van der Waals surface area contributed by atoms with Crippen LogP contribution in [0, 0.1) is 0 Å². The van der Waals surface area contributed by atoms with Gasteiger partial charge in [-0.1, -0.05) is 0 Å². The van der Waals surface area contributed by atoms with Crippen LogP contribution >= 0.6 is 0 Å². The van der Waals surface area contributed by atoms with E-state index in [0.29, 0.717) is 0 Å². The number of halogens is 1. The first kappa shape index (κ1) is 6.85. The largest absolute Gasteiger partial charge is 0.394 e. The number of hydrogen-bond donors (Lipinski definition) is 2. The summed E-state index contributed by atoms with van der Waals surface area (Å²) in [6.07, 6.45) is -0.832. The Morgan fingerprint density at radius 2 is 2.14 bits per heavy atom. The summed E-state index contributed by atoms with van der Waals surface area (Å²) in [5.41, 5.74) is 0. The third kappa shape index (κ3) is 3.69. The summed E-state index contributed by atoms with van der Waals surface area (Å²) in [5.74, 6) is 0. The van der Waals surface area contributed by atoms with Gasteiger partial charge in [0.1, 0.15) is 0 Å². The number of aliphatic hydroxyl groups is 2. The Bertz CT molecular complexity index is 40.7. The fourth-order valence-corrected chi connectivity index (χ4v) is 0.217. The molecule has 0 radical (unpaired) electrons. The number of aliphatic hydroxyl groups excluding tert-OH is 2. The fraction of sp³-hybridized carbons (Fsp3) is 1.00. The predicted molar refractivity (Wildman–Crippen MR) is 23.7 cm³/mol. The Labute approximate surface area is 41.6 Å². The highest BCUT2D eigenvalue weighted by atomic mass is 19.1. The predicted octanol–water partition coefficient (Wildman–Crippen LogP) is -0.301. The smallest absolute Gasteiger partial charge is 0.0919 e. The minimum Gasteiger partial charge on any atom is -0.394 e. The maximum atomic E-state index is 11.2. The average Bonchev–Trinajstić information content (AvgIpc) is 1.68. The molecule has 0 fully saturated rings. The third-order valence-corrected chi connectivity index (χ3v) is 0.653. The van der Waals surface area contributed by atoms with Crippen LogP contribution in [0.25, 0.3) is 0 Å². The van der Waals surface area contributed by atoms with E-state index in [1.54, 1.807) is 0 Å². The lowest BCUT2D eigenvalue weighted by molar-refractivity contribution is 0.0824. The Kier molecular flexibility index (Phi) is 3.93. The standard InChI is InChI=1S/C4H9FO2/c5-2-1-4(7)3-6/h4,6-7H,1-3H2/t4-/m1/s1. The van der Waals surface area contributed by atoms with Crippen molar-refractivity contribution in [2.24, 2.45) is 0 Å². The molecular formula is C4H9FO2. The molecule has 0 aromatic rings. The second-order valence-electron chi connectivity index (χ2n) is 1.31. The van der Waals surface area contributed by atoms with Crippen molar-refractivity contribution in [3.8, 4) is 0 Å². The first-order chi connectivity index (χ1) is 3.31. The molecule has 7 heavy (non-hydrogen) atoms. The van der Waals surface area contributed by atoms with Gasteiger partial charge in [0.2, 0.25) is 0 Å². The molecule has 2 N–H and O–H groups in total. The molecule has 0 saturated carbocycles. The molecular weight excluding hydrogens is 99.0 g/mol. The van der Waals surface area contributed by atoms with Gasteiger partial charge in [-0.3, -0.25) is 4.39 Å². The maximum absolute atomic E-state index is 11.2. The van der Waals surface area contributed by atoms with Gasteiger partial charge in [0, 0.05) is 6.42 Å². The second kappa shape index (κ2) is 4.02. The summed E-state index contributed by atoms with van der Waals surface area (Å²) in [7, 11) is 0. The molecule has 1 atom stereocenters. The molecule has 3 heteroatoms. The van der Waals surface area contributed by atoms with Crippen molar-refractivity contribution in [2.75, 3.05) is 13.3 Å². The average molecular weight is 108 g/mol. The number of alkyl halides is 1. The van der Waals surface area contributed by atoms with Gasteiger partial charge in [-0.2, -0.15) is 0 Å². The Morgan fingerprint density at radius 1 is 1.57 bits per heavy atom. The lowest BCUT2D eigenvalue weighted by Crippen LogP contribution is -2.11. The van der Waals surface area contributed by atoms with Gasteiger partial charge in [0.05, 0.1) is 19.4 Å². The van der Waals surface area contributed by atoms with Crippen LogP contribution in [0.3, 0.4) is 0 Å². The van der Waals surface area contributed by atoms with E-state index in [1.807, 2.05) is 0 Å². The zero-order valence-corrected chi connectivity index (χ0v) is 3.97. The van der Waals surface area contributed by atoms with E-state index < -0.39 is 12.8 Å². The second-order valence-corrected chi connectivity index (χ2v) is 1.31. The van der Waals surface area contributed by atoms with Crippen LogP contribution in [0.2, 0.25) is 0 Å². The molecule has 0 aromatic heterocycles. The first-order valence-corrected chi connectivity index (χ1v) is 2.16. The van der Waals surface area contributed by atoms with Gasteiger partial charge in [0.15, 0.2) is 0 Å². The van der Waals surface area contributed by atoms with Crippen LogP contribution in [-0.2, 0) is 0 Å². The zero-order valence-electron chi connectivity index (χ0n) is 3.97. The van der Waals surface area contributed by atoms with Crippen molar-refractivity contribution < 1.29 is 14.6 Å². The third-order valence-electron chi connectivity index (χ3n) is 0.653. The molecule has 0 spiro atoms. The van der Waals surface area contributed by atoms with E-state index in [1.165, 1.54) is 0 Å². The molecule has 0 heterocycles. The van der Waals surface area contributed by atoms with E-state index in [2.05, 4.69) is 0 Å². The topological polar surface area (TPSA) is 40.5 Å². The van der Waals surface area contributed by atoms with Crippen LogP contribution < -0.4 is 0 Å². The highest BCUT2D eigenvalue weighted by Crippen LogP contribution is 1.87. The maximum Gasteiger partial charge on any atom is 0.0919 e. The fourth-order valence-electron chi connectivity index (χ4n) is 0.217. The van der Waals surface area contributed by atoms with Crippen molar-refractivity contribution in [1.82, 2.24) is 0 Å². The molecule has 0 aromatic carbocycles. The zero-order chi connectivity index (χ0) is 5.70. The molecule has 0 amide bonds. The molecule has 0 bridgehead atoms. The van der Waals surface area contributed by atoms with E-state index in [0.717, 1.165) is 0 Å². The first-order valence-electron chi connectivity index (χ1n) is 2.16.